The molecule has 0 atom stereocenters. The lowest BCUT2D eigenvalue weighted by molar-refractivity contribution is -0.144. The van der Waals surface area contributed by atoms with Crippen molar-refractivity contribution in [2.45, 2.75) is 13.0 Å². The highest BCUT2D eigenvalue weighted by Gasteiger charge is 2.11. The van der Waals surface area contributed by atoms with E-state index in [1.54, 1.807) is 18.3 Å². The number of halogens is 1. The Morgan fingerprint density at radius 2 is 2.08 bits per heavy atom. The number of H-pyrrole nitrogens is 1. The number of carbonyl (C=O) groups is 1. The van der Waals surface area contributed by atoms with E-state index in [4.69, 9.17) is 4.74 Å². The number of esters is 1. The molecule has 0 aliphatic rings. The highest BCUT2D eigenvalue weighted by Crippen LogP contribution is 2.18. The van der Waals surface area contributed by atoms with Gasteiger partial charge in [-0.25, -0.2) is 4.98 Å². The van der Waals surface area contributed by atoms with E-state index in [9.17, 15) is 9.59 Å². The highest BCUT2D eigenvalue weighted by molar-refractivity contribution is 9.10. The van der Waals surface area contributed by atoms with Gasteiger partial charge in [-0.05, 0) is 39.7 Å². The molecular weight excluding hydrogens is 398 g/mol. The van der Waals surface area contributed by atoms with Crippen LogP contribution in [0.3, 0.4) is 0 Å². The number of benzene rings is 1. The molecule has 3 aromatic heterocycles. The van der Waals surface area contributed by atoms with Gasteiger partial charge in [-0.2, -0.15) is 0 Å². The van der Waals surface area contributed by atoms with Crippen molar-refractivity contribution in [2.75, 3.05) is 0 Å². The van der Waals surface area contributed by atoms with Crippen LogP contribution in [0.1, 0.15) is 11.3 Å². The summed E-state index contributed by atoms with van der Waals surface area (Å²) in [5, 5.41) is 0.997. The second-order valence-electron chi connectivity index (χ2n) is 5.86. The molecule has 4 rings (SSSR count). The van der Waals surface area contributed by atoms with E-state index in [-0.39, 0.29) is 24.6 Å². The first-order chi connectivity index (χ1) is 12.6. The lowest BCUT2D eigenvalue weighted by atomic mass is 10.1. The number of para-hydroxylation sites is 1. The van der Waals surface area contributed by atoms with Crippen LogP contribution < -0.4 is 5.56 Å². The van der Waals surface area contributed by atoms with Crippen LogP contribution in [0.25, 0.3) is 16.6 Å². The number of aromatic nitrogens is 3. The molecule has 26 heavy (non-hydrogen) atoms. The average Bonchev–Trinajstić information content (AvgIpc) is 3.04. The number of nitrogens with one attached hydrogen (secondary N) is 1. The topological polar surface area (TPSA) is 76.5 Å². The Bertz CT molecular complexity index is 1180. The van der Waals surface area contributed by atoms with Gasteiger partial charge < -0.3 is 9.72 Å². The minimum atomic E-state index is -0.368. The molecule has 6 nitrogen and oxygen atoms in total. The number of hydrogen-bond donors (Lipinski definition) is 1. The summed E-state index contributed by atoms with van der Waals surface area (Å²) >= 11 is 3.32. The van der Waals surface area contributed by atoms with E-state index < -0.39 is 0 Å². The molecule has 0 aliphatic carbocycles. The number of rotatable bonds is 4. The predicted molar refractivity (Wildman–Crippen MR) is 101 cm³/mol. The largest absolute Gasteiger partial charge is 0.459 e. The van der Waals surface area contributed by atoms with Crippen molar-refractivity contribution in [1.29, 1.82) is 0 Å². The first-order valence-corrected chi connectivity index (χ1v) is 8.78. The van der Waals surface area contributed by atoms with Crippen molar-refractivity contribution in [3.63, 3.8) is 0 Å². The van der Waals surface area contributed by atoms with E-state index >= 15 is 0 Å². The molecule has 0 saturated carbocycles. The standard InChI is InChI=1S/C19H14BrN3O3/c20-13-5-6-17-22-14(8-18(24)23(17)10-13)11-26-19(25)7-12-9-21-16-4-2-1-3-15(12)16/h1-6,8-10,21H,7,11H2. The molecule has 0 unspecified atom stereocenters. The number of nitrogens with zero attached hydrogens (tertiary/aromatic N) is 2. The Hall–Kier alpha value is -2.93. The summed E-state index contributed by atoms with van der Waals surface area (Å²) in [7, 11) is 0. The molecule has 0 radical (unpaired) electrons. The van der Waals surface area contributed by atoms with Gasteiger partial charge in [-0.1, -0.05) is 18.2 Å². The molecule has 0 fully saturated rings. The van der Waals surface area contributed by atoms with Gasteiger partial charge in [-0.3, -0.25) is 14.0 Å². The van der Waals surface area contributed by atoms with E-state index in [1.165, 1.54) is 10.5 Å². The maximum Gasteiger partial charge on any atom is 0.310 e. The fourth-order valence-electron chi connectivity index (χ4n) is 2.84. The third kappa shape index (κ3) is 3.25. The SMILES string of the molecule is O=C(Cc1c[nH]c2ccccc12)OCc1cc(=O)n2cc(Br)ccc2n1. The van der Waals surface area contributed by atoms with Crippen molar-refractivity contribution in [2.24, 2.45) is 0 Å². The lowest BCUT2D eigenvalue weighted by Gasteiger charge is -2.06. The summed E-state index contributed by atoms with van der Waals surface area (Å²) in [5.74, 6) is -0.368. The fraction of sp³-hybridized carbons (Fsp3) is 0.105. The number of fused-ring (bicyclic) bond motifs is 2. The van der Waals surface area contributed by atoms with Gasteiger partial charge in [-0.15, -0.1) is 0 Å². The molecule has 1 N–H and O–H groups in total. The summed E-state index contributed by atoms with van der Waals surface area (Å²) in [5.41, 5.74) is 2.56. The molecule has 0 amide bonds. The molecular formula is C19H14BrN3O3. The van der Waals surface area contributed by atoms with Gasteiger partial charge in [0.25, 0.3) is 5.56 Å². The Morgan fingerprint density at radius 1 is 1.23 bits per heavy atom. The molecule has 1 aromatic carbocycles. The van der Waals surface area contributed by atoms with Crippen molar-refractivity contribution in [3.8, 4) is 0 Å². The van der Waals surface area contributed by atoms with Gasteiger partial charge in [0.05, 0.1) is 12.1 Å². The van der Waals surface area contributed by atoms with Crippen LogP contribution in [0.4, 0.5) is 0 Å². The Labute approximate surface area is 156 Å². The summed E-state index contributed by atoms with van der Waals surface area (Å²) in [4.78, 5) is 31.8. The third-order valence-corrected chi connectivity index (χ3v) is 4.54. The Balaban J connectivity index is 1.48. The Kier molecular flexibility index (Phi) is 4.30. The van der Waals surface area contributed by atoms with Crippen LogP contribution in [0.5, 0.6) is 0 Å². The first kappa shape index (κ1) is 16.5. The van der Waals surface area contributed by atoms with Crippen LogP contribution in [-0.4, -0.2) is 20.3 Å². The summed E-state index contributed by atoms with van der Waals surface area (Å²) in [6.07, 6.45) is 3.62. The van der Waals surface area contributed by atoms with Crippen molar-refractivity contribution >= 4 is 38.4 Å². The van der Waals surface area contributed by atoms with E-state index in [0.29, 0.717) is 11.3 Å². The van der Waals surface area contributed by atoms with Crippen molar-refractivity contribution < 1.29 is 9.53 Å². The normalized spacial score (nSPS) is 11.1. The van der Waals surface area contributed by atoms with Gasteiger partial charge in [0.15, 0.2) is 0 Å². The van der Waals surface area contributed by atoms with Crippen LogP contribution in [0.2, 0.25) is 0 Å². The third-order valence-electron chi connectivity index (χ3n) is 4.07. The molecule has 7 heteroatoms. The minimum Gasteiger partial charge on any atom is -0.459 e. The maximum absolute atomic E-state index is 12.2. The van der Waals surface area contributed by atoms with Crippen LogP contribution in [0.15, 0.2) is 64.1 Å². The zero-order chi connectivity index (χ0) is 18.1. The number of ether oxygens (including phenoxy) is 1. The zero-order valence-electron chi connectivity index (χ0n) is 13.6. The van der Waals surface area contributed by atoms with Gasteiger partial charge in [0, 0.05) is 33.8 Å². The molecule has 0 aliphatic heterocycles. The second-order valence-corrected chi connectivity index (χ2v) is 6.77. The summed E-state index contributed by atoms with van der Waals surface area (Å²) in [6.45, 7) is -0.0387. The molecule has 0 bridgehead atoms. The molecule has 3 heterocycles. The lowest BCUT2D eigenvalue weighted by Crippen LogP contribution is -2.17. The quantitative estimate of drug-likeness (QED) is 0.523. The smallest absolute Gasteiger partial charge is 0.310 e. The second kappa shape index (κ2) is 6.76. The number of aromatic amines is 1. The fourth-order valence-corrected chi connectivity index (χ4v) is 3.18. The van der Waals surface area contributed by atoms with E-state index in [2.05, 4.69) is 25.9 Å². The highest BCUT2D eigenvalue weighted by atomic mass is 79.9. The summed E-state index contributed by atoms with van der Waals surface area (Å²) in [6, 6.07) is 12.7. The Morgan fingerprint density at radius 3 is 2.96 bits per heavy atom. The van der Waals surface area contributed by atoms with Gasteiger partial charge >= 0.3 is 5.97 Å². The minimum absolute atomic E-state index is 0.0387. The van der Waals surface area contributed by atoms with Crippen LogP contribution in [0, 0.1) is 0 Å². The van der Waals surface area contributed by atoms with Gasteiger partial charge in [0.1, 0.15) is 12.3 Å². The van der Waals surface area contributed by atoms with Gasteiger partial charge in [0.2, 0.25) is 0 Å². The van der Waals surface area contributed by atoms with Crippen LogP contribution in [-0.2, 0) is 22.6 Å². The number of pyridine rings is 1. The van der Waals surface area contributed by atoms with Crippen molar-refractivity contribution in [3.05, 3.63) is 80.9 Å². The molecule has 4 aromatic rings. The van der Waals surface area contributed by atoms with E-state index in [1.807, 2.05) is 30.5 Å². The average molecular weight is 412 g/mol. The summed E-state index contributed by atoms with van der Waals surface area (Å²) < 4.78 is 7.52. The molecule has 0 spiro atoms. The number of carbonyl (C=O) groups excluding carboxylic acids is 1. The first-order valence-electron chi connectivity index (χ1n) is 7.98. The zero-order valence-corrected chi connectivity index (χ0v) is 15.2. The molecule has 0 saturated heterocycles. The van der Waals surface area contributed by atoms with Crippen LogP contribution >= 0.6 is 15.9 Å². The van der Waals surface area contributed by atoms with Crippen molar-refractivity contribution in [1.82, 2.24) is 14.4 Å². The monoisotopic (exact) mass is 411 g/mol. The maximum atomic E-state index is 12.2. The molecule has 130 valence electrons. The predicted octanol–water partition coefficient (Wildman–Crippen LogP) is 3.22. The van der Waals surface area contributed by atoms with E-state index in [0.717, 1.165) is 20.9 Å². The number of hydrogen-bond acceptors (Lipinski definition) is 4.